The molecule has 0 aromatic rings. The summed E-state index contributed by atoms with van der Waals surface area (Å²) >= 11 is 0.100. The largest absolute Gasteiger partial charge is 0.456 e. The Hall–Kier alpha value is -0.588. The van der Waals surface area contributed by atoms with E-state index >= 15 is 0 Å². The summed E-state index contributed by atoms with van der Waals surface area (Å²) in [7, 11) is 0. The van der Waals surface area contributed by atoms with Crippen LogP contribution in [0.15, 0.2) is 50.6 Å². The van der Waals surface area contributed by atoms with Gasteiger partial charge < -0.3 is 7.77 Å². The van der Waals surface area contributed by atoms with Crippen molar-refractivity contribution in [1.29, 1.82) is 0 Å². The lowest BCUT2D eigenvalue weighted by atomic mass is 10.5. The molecule has 0 rings (SSSR count). The Morgan fingerprint density at radius 3 is 1.13 bits per heavy atom. The first-order chi connectivity index (χ1) is 7.28. The van der Waals surface area contributed by atoms with Crippen LogP contribution in [-0.4, -0.2) is 49.6 Å². The van der Waals surface area contributed by atoms with E-state index in [0.717, 1.165) is 26.2 Å². The van der Waals surface area contributed by atoms with Crippen molar-refractivity contribution in [1.82, 2.24) is 7.77 Å². The Morgan fingerprint density at radius 2 is 0.933 bits per heavy atom. The molecule has 0 saturated carbocycles. The zero-order valence-corrected chi connectivity index (χ0v) is 10.6. The van der Waals surface area contributed by atoms with E-state index in [-0.39, 0.29) is 15.7 Å². The molecule has 81 valence electrons. The smallest absolute Gasteiger partial charge is 0.371 e. The molecule has 0 atom stereocenters. The third-order valence-electron chi connectivity index (χ3n) is 1.78. The summed E-state index contributed by atoms with van der Waals surface area (Å²) in [5.41, 5.74) is 0. The molecule has 15 heavy (non-hydrogen) atoms. The molecule has 0 aliphatic carbocycles. The highest BCUT2D eigenvalue weighted by molar-refractivity contribution is 6.28. The lowest BCUT2D eigenvalue weighted by Gasteiger charge is -2.26. The molecular formula is C12H20AlN2. The summed E-state index contributed by atoms with van der Waals surface area (Å²) in [6.45, 7) is 18.7. The predicted octanol–water partition coefficient (Wildman–Crippen LogP) is 1.87. The zero-order chi connectivity index (χ0) is 11.5. The van der Waals surface area contributed by atoms with E-state index in [9.17, 15) is 0 Å². The van der Waals surface area contributed by atoms with E-state index < -0.39 is 0 Å². The van der Waals surface area contributed by atoms with Gasteiger partial charge in [-0.15, -0.1) is 26.3 Å². The van der Waals surface area contributed by atoms with Crippen LogP contribution in [-0.2, 0) is 0 Å². The quantitative estimate of drug-likeness (QED) is 0.409. The molecule has 0 aliphatic rings. The lowest BCUT2D eigenvalue weighted by Crippen LogP contribution is -2.42. The van der Waals surface area contributed by atoms with Crippen molar-refractivity contribution in [3.63, 3.8) is 0 Å². The van der Waals surface area contributed by atoms with E-state index in [2.05, 4.69) is 34.1 Å². The van der Waals surface area contributed by atoms with Gasteiger partial charge in [0.25, 0.3) is 0 Å². The van der Waals surface area contributed by atoms with Crippen molar-refractivity contribution < 1.29 is 0 Å². The highest BCUT2D eigenvalue weighted by atomic mass is 27.1. The Bertz CT molecular complexity index is 172. The average molecular weight is 219 g/mol. The van der Waals surface area contributed by atoms with Crippen molar-refractivity contribution >= 4 is 15.7 Å². The molecule has 0 heterocycles. The van der Waals surface area contributed by atoms with Gasteiger partial charge in [-0.05, 0) is 26.2 Å². The fourth-order valence-electron chi connectivity index (χ4n) is 1.23. The molecule has 0 saturated heterocycles. The van der Waals surface area contributed by atoms with Gasteiger partial charge in [-0.1, -0.05) is 24.3 Å². The van der Waals surface area contributed by atoms with Gasteiger partial charge in [-0.25, -0.2) is 0 Å². The minimum absolute atomic E-state index is 0.100. The molecule has 0 fully saturated rings. The fraction of sp³-hybridized carbons (Fsp3) is 0.333. The highest BCUT2D eigenvalue weighted by Crippen LogP contribution is 1.93. The maximum Gasteiger partial charge on any atom is 0.456 e. The zero-order valence-electron chi connectivity index (χ0n) is 9.44. The van der Waals surface area contributed by atoms with Crippen molar-refractivity contribution in [2.75, 3.05) is 26.2 Å². The van der Waals surface area contributed by atoms with E-state index in [1.165, 1.54) is 0 Å². The molecule has 0 aromatic carbocycles. The summed E-state index contributed by atoms with van der Waals surface area (Å²) < 4.78 is 4.68. The summed E-state index contributed by atoms with van der Waals surface area (Å²) in [6, 6.07) is 0. The average Bonchev–Trinajstić information content (AvgIpc) is 2.19. The first-order valence-corrected chi connectivity index (χ1v) is 6.08. The van der Waals surface area contributed by atoms with Crippen LogP contribution in [0.4, 0.5) is 0 Å². The number of hydrogen-bond acceptors (Lipinski definition) is 2. The van der Waals surface area contributed by atoms with E-state index in [1.807, 2.05) is 24.3 Å². The van der Waals surface area contributed by atoms with E-state index in [0.29, 0.717) is 0 Å². The third kappa shape index (κ3) is 7.35. The second-order valence-electron chi connectivity index (χ2n) is 3.18. The lowest BCUT2D eigenvalue weighted by molar-refractivity contribution is 0.445. The first-order valence-electron chi connectivity index (χ1n) is 5.05. The highest BCUT2D eigenvalue weighted by Gasteiger charge is 2.11. The molecule has 0 spiro atoms. The summed E-state index contributed by atoms with van der Waals surface area (Å²) in [4.78, 5) is 0. The fourth-order valence-corrected chi connectivity index (χ4v) is 2.67. The van der Waals surface area contributed by atoms with Gasteiger partial charge in [0.05, 0.1) is 0 Å². The number of rotatable bonds is 10. The van der Waals surface area contributed by atoms with E-state index in [4.69, 9.17) is 0 Å². The van der Waals surface area contributed by atoms with Crippen LogP contribution < -0.4 is 0 Å². The molecular weight excluding hydrogens is 199 g/mol. The van der Waals surface area contributed by atoms with Gasteiger partial charge in [0.1, 0.15) is 0 Å². The van der Waals surface area contributed by atoms with Crippen molar-refractivity contribution in [2.24, 2.45) is 0 Å². The van der Waals surface area contributed by atoms with Gasteiger partial charge in [0, 0.05) is 0 Å². The molecule has 0 aliphatic heterocycles. The molecule has 2 nitrogen and oxygen atoms in total. The molecule has 0 N–H and O–H groups in total. The van der Waals surface area contributed by atoms with E-state index in [1.54, 1.807) is 0 Å². The second kappa shape index (κ2) is 9.95. The van der Waals surface area contributed by atoms with Crippen molar-refractivity contribution in [2.45, 2.75) is 0 Å². The predicted molar refractivity (Wildman–Crippen MR) is 69.7 cm³/mol. The summed E-state index contributed by atoms with van der Waals surface area (Å²) in [5.74, 6) is 0. The second-order valence-corrected chi connectivity index (χ2v) is 4.87. The monoisotopic (exact) mass is 219 g/mol. The Balaban J connectivity index is 4.15. The van der Waals surface area contributed by atoms with Crippen LogP contribution in [0.25, 0.3) is 0 Å². The number of hydrogen-bond donors (Lipinski definition) is 0. The molecule has 0 unspecified atom stereocenters. The van der Waals surface area contributed by atoms with Crippen LogP contribution in [0.2, 0.25) is 0 Å². The van der Waals surface area contributed by atoms with Crippen molar-refractivity contribution in [3.05, 3.63) is 50.6 Å². The molecule has 0 aromatic heterocycles. The van der Waals surface area contributed by atoms with Gasteiger partial charge in [0.15, 0.2) is 0 Å². The van der Waals surface area contributed by atoms with Gasteiger partial charge >= 0.3 is 15.7 Å². The van der Waals surface area contributed by atoms with Crippen LogP contribution in [0.3, 0.4) is 0 Å². The Kier molecular flexibility index (Phi) is 9.56. The molecule has 1 radical (unpaired) electrons. The molecule has 0 bridgehead atoms. The first kappa shape index (κ1) is 14.4. The summed E-state index contributed by atoms with van der Waals surface area (Å²) in [5, 5.41) is 0. The summed E-state index contributed by atoms with van der Waals surface area (Å²) in [6.07, 6.45) is 7.71. The maximum absolute atomic E-state index is 3.76. The SMILES string of the molecule is C=CC[N](CC=C)[Al][N](CC=C)CC=C. The van der Waals surface area contributed by atoms with Gasteiger partial charge in [-0.3, -0.25) is 0 Å². The van der Waals surface area contributed by atoms with Crippen LogP contribution >= 0.6 is 0 Å². The van der Waals surface area contributed by atoms with Crippen LogP contribution in [0.5, 0.6) is 0 Å². The Labute approximate surface area is 100 Å². The van der Waals surface area contributed by atoms with Crippen LogP contribution in [0.1, 0.15) is 0 Å². The molecule has 0 amide bonds. The van der Waals surface area contributed by atoms with Crippen molar-refractivity contribution in [3.8, 4) is 0 Å². The van der Waals surface area contributed by atoms with Gasteiger partial charge in [-0.2, -0.15) is 0 Å². The third-order valence-corrected chi connectivity index (χ3v) is 3.28. The Morgan fingerprint density at radius 1 is 0.667 bits per heavy atom. The number of nitrogens with zero attached hydrogens (tertiary/aromatic N) is 2. The molecule has 3 heteroatoms. The topological polar surface area (TPSA) is 6.48 Å². The van der Waals surface area contributed by atoms with Crippen LogP contribution in [0, 0.1) is 0 Å². The minimum Gasteiger partial charge on any atom is -0.371 e. The normalized spacial score (nSPS) is 10.0. The minimum atomic E-state index is 0.100. The van der Waals surface area contributed by atoms with Gasteiger partial charge in [0.2, 0.25) is 0 Å². The maximum atomic E-state index is 3.76. The standard InChI is InChI=1S/2C6H10N.Al/c2*1-3-5-7-6-4-2;/h2*3-4H,1-2,5-6H2;/q2*-1;+2.